The predicted molar refractivity (Wildman–Crippen MR) is 149 cm³/mol. The first-order valence-corrected chi connectivity index (χ1v) is 12.6. The smallest absolute Gasteiger partial charge is 0.247 e. The average molecular weight is 529 g/mol. The van der Waals surface area contributed by atoms with Crippen molar-refractivity contribution in [3.63, 3.8) is 0 Å². The van der Waals surface area contributed by atoms with Crippen molar-refractivity contribution in [2.45, 2.75) is 18.9 Å². The average Bonchev–Trinajstić information content (AvgIpc) is 2.95. The van der Waals surface area contributed by atoms with Crippen molar-refractivity contribution < 1.29 is 18.7 Å². The number of pyridine rings is 1. The van der Waals surface area contributed by atoms with Gasteiger partial charge in [-0.3, -0.25) is 9.78 Å². The molecule has 200 valence electrons. The van der Waals surface area contributed by atoms with Crippen molar-refractivity contribution in [2.75, 3.05) is 37.9 Å². The third-order valence-corrected chi connectivity index (χ3v) is 6.58. The lowest BCUT2D eigenvalue weighted by Crippen LogP contribution is -2.35. The molecule has 5 rings (SSSR count). The number of likely N-dealkylation sites (tertiary alicyclic amines) is 1. The summed E-state index contributed by atoms with van der Waals surface area (Å²) in [5.41, 5.74) is 2.94. The molecule has 0 atom stereocenters. The minimum Gasteiger partial charge on any atom is -0.494 e. The van der Waals surface area contributed by atoms with Gasteiger partial charge in [-0.15, -0.1) is 0 Å². The maximum absolute atomic E-state index is 13.9. The summed E-state index contributed by atoms with van der Waals surface area (Å²) >= 11 is 0. The van der Waals surface area contributed by atoms with Crippen LogP contribution >= 0.6 is 0 Å². The molecular weight excluding hydrogens is 499 g/mol. The number of carbonyl (C=O) groups is 1. The third-order valence-electron chi connectivity index (χ3n) is 6.58. The van der Waals surface area contributed by atoms with Crippen molar-refractivity contribution in [3.05, 3.63) is 73.5 Å². The van der Waals surface area contributed by atoms with Gasteiger partial charge in [0.1, 0.15) is 23.4 Å². The Labute approximate surface area is 225 Å². The van der Waals surface area contributed by atoms with Gasteiger partial charge in [0, 0.05) is 48.1 Å². The number of amides is 1. The number of aromatic nitrogens is 3. The van der Waals surface area contributed by atoms with Crippen LogP contribution < -0.4 is 20.1 Å². The molecule has 1 aliphatic heterocycles. The Kier molecular flexibility index (Phi) is 7.64. The Balaban J connectivity index is 1.50. The van der Waals surface area contributed by atoms with Gasteiger partial charge in [0.05, 0.1) is 30.2 Å². The molecule has 1 amide bonds. The molecule has 0 radical (unpaired) electrons. The van der Waals surface area contributed by atoms with E-state index in [9.17, 15) is 9.18 Å². The Morgan fingerprint density at radius 2 is 1.95 bits per heavy atom. The van der Waals surface area contributed by atoms with Crippen LogP contribution in [0.5, 0.6) is 11.5 Å². The molecule has 9 nitrogen and oxygen atoms in total. The second-order valence-electron chi connectivity index (χ2n) is 9.32. The van der Waals surface area contributed by atoms with Crippen LogP contribution in [0.3, 0.4) is 0 Å². The molecule has 0 saturated carbocycles. The van der Waals surface area contributed by atoms with Crippen LogP contribution in [-0.4, -0.2) is 59.1 Å². The van der Waals surface area contributed by atoms with Crippen LogP contribution in [0.4, 0.5) is 21.7 Å². The van der Waals surface area contributed by atoms with Crippen molar-refractivity contribution in [3.8, 4) is 22.6 Å². The van der Waals surface area contributed by atoms with Gasteiger partial charge in [-0.25, -0.2) is 14.4 Å². The summed E-state index contributed by atoms with van der Waals surface area (Å²) in [5.74, 6) is 0.485. The highest BCUT2D eigenvalue weighted by Gasteiger charge is 2.22. The molecule has 0 unspecified atom stereocenters. The molecule has 0 aliphatic carbocycles. The first kappa shape index (κ1) is 26.1. The van der Waals surface area contributed by atoms with Gasteiger partial charge in [-0.2, -0.15) is 0 Å². The van der Waals surface area contributed by atoms with Crippen LogP contribution in [0.1, 0.15) is 12.8 Å². The quantitative estimate of drug-likeness (QED) is 0.302. The van der Waals surface area contributed by atoms with Gasteiger partial charge in [-0.05, 0) is 38.1 Å². The first-order chi connectivity index (χ1) is 18.9. The van der Waals surface area contributed by atoms with Crippen molar-refractivity contribution in [2.24, 2.45) is 0 Å². The van der Waals surface area contributed by atoms with E-state index < -0.39 is 5.82 Å². The zero-order valence-electron chi connectivity index (χ0n) is 21.8. The number of methoxy groups -OCH3 is 1. The van der Waals surface area contributed by atoms with E-state index in [1.54, 1.807) is 31.6 Å². The number of halogens is 1. The second-order valence-corrected chi connectivity index (χ2v) is 9.32. The number of piperidine rings is 1. The summed E-state index contributed by atoms with van der Waals surface area (Å²) in [5, 5.41) is 6.82. The number of nitrogens with zero attached hydrogens (tertiary/aromatic N) is 4. The minimum absolute atomic E-state index is 0.0173. The largest absolute Gasteiger partial charge is 0.494 e. The van der Waals surface area contributed by atoms with E-state index >= 15 is 0 Å². The molecule has 3 heterocycles. The summed E-state index contributed by atoms with van der Waals surface area (Å²) in [6, 6.07) is 10.5. The number of hydrogen-bond donors (Lipinski definition) is 2. The molecule has 39 heavy (non-hydrogen) atoms. The number of nitrogens with one attached hydrogen (secondary N) is 2. The molecule has 1 aliphatic rings. The topological polar surface area (TPSA) is 102 Å². The van der Waals surface area contributed by atoms with Crippen LogP contribution in [-0.2, 0) is 4.79 Å². The normalized spacial score (nSPS) is 14.1. The van der Waals surface area contributed by atoms with Gasteiger partial charge in [-0.1, -0.05) is 24.8 Å². The molecule has 2 aromatic carbocycles. The van der Waals surface area contributed by atoms with Crippen LogP contribution in [0.15, 0.2) is 67.6 Å². The fourth-order valence-corrected chi connectivity index (χ4v) is 4.52. The Morgan fingerprint density at radius 1 is 1.13 bits per heavy atom. The lowest BCUT2D eigenvalue weighted by Gasteiger charge is -2.30. The number of para-hydroxylation sites is 1. The van der Waals surface area contributed by atoms with Gasteiger partial charge in [0.15, 0.2) is 0 Å². The number of hydrogen-bond acceptors (Lipinski definition) is 8. The minimum atomic E-state index is -0.432. The highest BCUT2D eigenvalue weighted by Crippen LogP contribution is 2.39. The molecule has 0 spiro atoms. The summed E-state index contributed by atoms with van der Waals surface area (Å²) in [4.78, 5) is 27.6. The fraction of sp³-hybridized carbons (Fsp3) is 0.241. The summed E-state index contributed by atoms with van der Waals surface area (Å²) in [6.07, 6.45) is 7.41. The molecular formula is C29H29FN6O3. The van der Waals surface area contributed by atoms with Gasteiger partial charge in [0.25, 0.3) is 0 Å². The summed E-state index contributed by atoms with van der Waals surface area (Å²) in [6.45, 7) is 5.42. The summed E-state index contributed by atoms with van der Waals surface area (Å²) in [7, 11) is 3.64. The molecule has 0 bridgehead atoms. The maximum Gasteiger partial charge on any atom is 0.247 e. The Morgan fingerprint density at radius 3 is 2.69 bits per heavy atom. The number of rotatable bonds is 8. The van der Waals surface area contributed by atoms with Crippen LogP contribution in [0.2, 0.25) is 0 Å². The lowest BCUT2D eigenvalue weighted by molar-refractivity contribution is -0.111. The van der Waals surface area contributed by atoms with E-state index in [0.29, 0.717) is 39.9 Å². The molecule has 10 heteroatoms. The standard InChI is InChI=1S/C29H29FN6O3/c1-4-27(37)33-24-13-23(25(38-3)14-26(24)39-21-8-10-36(2)11-9-21)34-29-32-16-18-6-5-7-22(28(18)35-29)19-12-20(30)17-31-15-19/h4-7,12-17,21H,1,8-11H2,2-3H3,(H,33,37)(H,32,34,35). The fourth-order valence-electron chi connectivity index (χ4n) is 4.52. The van der Waals surface area contributed by atoms with E-state index in [-0.39, 0.29) is 12.0 Å². The number of anilines is 3. The summed E-state index contributed by atoms with van der Waals surface area (Å²) < 4.78 is 25.8. The lowest BCUT2D eigenvalue weighted by atomic mass is 10.0. The van der Waals surface area contributed by atoms with Crippen LogP contribution in [0.25, 0.3) is 22.0 Å². The molecule has 1 fully saturated rings. The maximum atomic E-state index is 13.9. The van der Waals surface area contributed by atoms with Crippen LogP contribution in [0, 0.1) is 5.82 Å². The van der Waals surface area contributed by atoms with Crippen molar-refractivity contribution >= 4 is 34.1 Å². The molecule has 1 saturated heterocycles. The van der Waals surface area contributed by atoms with E-state index in [1.807, 2.05) is 18.2 Å². The van der Waals surface area contributed by atoms with E-state index in [4.69, 9.17) is 14.5 Å². The third kappa shape index (κ3) is 5.96. The van der Waals surface area contributed by atoms with Crippen molar-refractivity contribution in [1.29, 1.82) is 0 Å². The zero-order valence-corrected chi connectivity index (χ0v) is 21.8. The predicted octanol–water partition coefficient (Wildman–Crippen LogP) is 5.18. The second kappa shape index (κ2) is 11.4. The molecule has 2 aromatic heterocycles. The van der Waals surface area contributed by atoms with E-state index in [1.165, 1.54) is 12.1 Å². The number of benzene rings is 2. The number of fused-ring (bicyclic) bond motifs is 1. The Hall–Kier alpha value is -4.57. The Bertz CT molecular complexity index is 1520. The van der Waals surface area contributed by atoms with Gasteiger partial charge in [0.2, 0.25) is 11.9 Å². The number of ether oxygens (including phenoxy) is 2. The first-order valence-electron chi connectivity index (χ1n) is 12.6. The highest BCUT2D eigenvalue weighted by atomic mass is 19.1. The zero-order chi connectivity index (χ0) is 27.4. The van der Waals surface area contributed by atoms with E-state index in [0.717, 1.165) is 43.1 Å². The molecule has 2 N–H and O–H groups in total. The monoisotopic (exact) mass is 528 g/mol. The van der Waals surface area contributed by atoms with E-state index in [2.05, 4.69) is 39.1 Å². The van der Waals surface area contributed by atoms with Gasteiger partial charge >= 0.3 is 0 Å². The highest BCUT2D eigenvalue weighted by molar-refractivity contribution is 6.00. The van der Waals surface area contributed by atoms with Crippen molar-refractivity contribution in [1.82, 2.24) is 19.9 Å². The molecule has 4 aromatic rings. The number of carbonyl (C=O) groups excluding carboxylic acids is 1. The SMILES string of the molecule is C=CC(=O)Nc1cc(Nc2ncc3cccc(-c4cncc(F)c4)c3n2)c(OC)cc1OC1CCN(C)CC1. The van der Waals surface area contributed by atoms with Gasteiger partial charge < -0.3 is 25.0 Å².